The smallest absolute Gasteiger partial charge is 0.00488 e. The fourth-order valence-electron chi connectivity index (χ4n) is 0.408. The molecule has 0 amide bonds. The molecular weight excluding hydrogens is 104 g/mol. The molecule has 0 rings (SSSR count). The largest absolute Gasteiger partial charge is 0.0894 e. The van der Waals surface area contributed by atoms with Crippen LogP contribution in [-0.4, -0.2) is 4.86 Å². The molecule has 0 spiro atoms. The Morgan fingerprint density at radius 1 is 1.57 bits per heavy atom. The predicted molar refractivity (Wildman–Crippen MR) is 37.7 cm³/mol. The first-order valence-corrected chi connectivity index (χ1v) is 3.12. The third-order valence-corrected chi connectivity index (χ3v) is 1.75. The van der Waals surface area contributed by atoms with E-state index in [1.807, 2.05) is 0 Å². The molecule has 0 saturated carbocycles. The van der Waals surface area contributed by atoms with Crippen LogP contribution in [0.1, 0.15) is 27.2 Å². The molecule has 0 N–H and O–H groups in total. The summed E-state index contributed by atoms with van der Waals surface area (Å²) < 4.78 is 0. The minimum Gasteiger partial charge on any atom is -0.0894 e. The van der Waals surface area contributed by atoms with Gasteiger partial charge in [0.15, 0.2) is 0 Å². The van der Waals surface area contributed by atoms with Crippen molar-refractivity contribution in [2.45, 2.75) is 27.2 Å². The van der Waals surface area contributed by atoms with Crippen molar-refractivity contribution in [1.82, 2.24) is 0 Å². The Morgan fingerprint density at radius 2 is 2.00 bits per heavy atom. The van der Waals surface area contributed by atoms with Crippen molar-refractivity contribution >= 4 is 17.1 Å². The Kier molecular flexibility index (Phi) is 3.18. The first kappa shape index (κ1) is 7.09. The highest BCUT2D eigenvalue weighted by Crippen LogP contribution is 1.99. The molecule has 0 aliphatic rings. The van der Waals surface area contributed by atoms with Crippen molar-refractivity contribution in [2.75, 3.05) is 0 Å². The summed E-state index contributed by atoms with van der Waals surface area (Å²) in [5.74, 6) is 0.597. The van der Waals surface area contributed by atoms with Gasteiger partial charge in [-0.2, -0.15) is 0 Å². The second-order valence-corrected chi connectivity index (χ2v) is 2.50. The second-order valence-electron chi connectivity index (χ2n) is 1.97. The molecule has 7 heavy (non-hydrogen) atoms. The zero-order valence-electron chi connectivity index (χ0n) is 5.19. The molecule has 0 aliphatic carbocycles. The van der Waals surface area contributed by atoms with Crippen molar-refractivity contribution < 1.29 is 0 Å². The summed E-state index contributed by atoms with van der Waals surface area (Å²) in [5, 5.41) is 0. The van der Waals surface area contributed by atoms with Crippen LogP contribution in [0.4, 0.5) is 0 Å². The van der Waals surface area contributed by atoms with Crippen LogP contribution in [0.2, 0.25) is 0 Å². The summed E-state index contributed by atoms with van der Waals surface area (Å²) in [5.41, 5.74) is 0. The van der Waals surface area contributed by atoms with Gasteiger partial charge < -0.3 is 0 Å². The third kappa shape index (κ3) is 2.75. The number of thiocarbonyl (C=S) groups is 1. The molecule has 0 saturated heterocycles. The van der Waals surface area contributed by atoms with Crippen LogP contribution in [0, 0.1) is 5.92 Å². The Hall–Kier alpha value is 0.0900. The van der Waals surface area contributed by atoms with Crippen molar-refractivity contribution in [3.8, 4) is 0 Å². The quantitative estimate of drug-likeness (QED) is 0.499. The zero-order valence-corrected chi connectivity index (χ0v) is 6.01. The van der Waals surface area contributed by atoms with Gasteiger partial charge in [0.25, 0.3) is 0 Å². The standard InChI is InChI=1S/C6H12S/c1-4-6(7)5(2)3/h5H,4H2,1-3H3. The highest BCUT2D eigenvalue weighted by Gasteiger charge is 1.95. The van der Waals surface area contributed by atoms with Crippen molar-refractivity contribution in [1.29, 1.82) is 0 Å². The lowest BCUT2D eigenvalue weighted by atomic mass is 10.1. The van der Waals surface area contributed by atoms with Crippen LogP contribution in [-0.2, 0) is 0 Å². The molecular formula is C6H12S. The molecule has 0 aliphatic heterocycles. The molecule has 0 aromatic carbocycles. The van der Waals surface area contributed by atoms with E-state index in [0.29, 0.717) is 5.92 Å². The second kappa shape index (κ2) is 3.14. The Bertz CT molecular complexity index is 64.6. The van der Waals surface area contributed by atoms with Crippen LogP contribution in [0.15, 0.2) is 0 Å². The Balaban J connectivity index is 3.35. The van der Waals surface area contributed by atoms with Gasteiger partial charge in [0.2, 0.25) is 0 Å². The van der Waals surface area contributed by atoms with Crippen molar-refractivity contribution in [3.05, 3.63) is 0 Å². The molecule has 0 heterocycles. The molecule has 42 valence electrons. The molecule has 0 radical (unpaired) electrons. The van der Waals surface area contributed by atoms with Gasteiger partial charge in [-0.05, 0) is 17.2 Å². The van der Waals surface area contributed by atoms with Crippen LogP contribution in [0.5, 0.6) is 0 Å². The average molecular weight is 116 g/mol. The van der Waals surface area contributed by atoms with Gasteiger partial charge in [0.1, 0.15) is 0 Å². The fraction of sp³-hybridized carbons (Fsp3) is 0.833. The highest BCUT2D eigenvalue weighted by atomic mass is 32.1. The summed E-state index contributed by atoms with van der Waals surface area (Å²) in [6, 6.07) is 0. The lowest BCUT2D eigenvalue weighted by molar-refractivity contribution is 0.878. The summed E-state index contributed by atoms with van der Waals surface area (Å²) in [4.78, 5) is 1.18. The summed E-state index contributed by atoms with van der Waals surface area (Å²) >= 11 is 4.98. The molecule has 0 fully saturated rings. The predicted octanol–water partition coefficient (Wildman–Crippen LogP) is 2.42. The Morgan fingerprint density at radius 3 is 2.00 bits per heavy atom. The first-order chi connectivity index (χ1) is 3.18. The molecule has 0 aromatic rings. The summed E-state index contributed by atoms with van der Waals surface area (Å²) in [6.07, 6.45) is 1.05. The van der Waals surface area contributed by atoms with Crippen LogP contribution in [0.3, 0.4) is 0 Å². The highest BCUT2D eigenvalue weighted by molar-refractivity contribution is 7.80. The van der Waals surface area contributed by atoms with Gasteiger partial charge in [-0.3, -0.25) is 0 Å². The zero-order chi connectivity index (χ0) is 5.86. The van der Waals surface area contributed by atoms with Crippen molar-refractivity contribution in [2.24, 2.45) is 5.92 Å². The molecule has 0 atom stereocenters. The van der Waals surface area contributed by atoms with Gasteiger partial charge in [-0.1, -0.05) is 33.0 Å². The van der Waals surface area contributed by atoms with E-state index < -0.39 is 0 Å². The van der Waals surface area contributed by atoms with Gasteiger partial charge in [0, 0.05) is 0 Å². The molecule has 0 bridgehead atoms. The van der Waals surface area contributed by atoms with Gasteiger partial charge in [-0.25, -0.2) is 0 Å². The first-order valence-electron chi connectivity index (χ1n) is 2.71. The van der Waals surface area contributed by atoms with Gasteiger partial charge in [0.05, 0.1) is 0 Å². The van der Waals surface area contributed by atoms with E-state index in [-0.39, 0.29) is 0 Å². The van der Waals surface area contributed by atoms with E-state index in [9.17, 15) is 0 Å². The fourth-order valence-corrected chi connectivity index (χ4v) is 0.408. The van der Waals surface area contributed by atoms with Crippen molar-refractivity contribution in [3.63, 3.8) is 0 Å². The molecule has 0 aromatic heterocycles. The van der Waals surface area contributed by atoms with Crippen LogP contribution in [0.25, 0.3) is 0 Å². The maximum Gasteiger partial charge on any atom is -0.00488 e. The third-order valence-electron chi connectivity index (χ3n) is 0.992. The lowest BCUT2D eigenvalue weighted by Crippen LogP contribution is -2.00. The minimum absolute atomic E-state index is 0.597. The van der Waals surface area contributed by atoms with Crippen LogP contribution < -0.4 is 0 Å². The number of rotatable bonds is 2. The number of hydrogen-bond acceptors (Lipinski definition) is 1. The van der Waals surface area contributed by atoms with E-state index in [2.05, 4.69) is 20.8 Å². The van der Waals surface area contributed by atoms with E-state index >= 15 is 0 Å². The van der Waals surface area contributed by atoms with E-state index in [1.54, 1.807) is 0 Å². The average Bonchev–Trinajstić information content (AvgIpc) is 1.65. The van der Waals surface area contributed by atoms with Crippen LogP contribution >= 0.6 is 12.2 Å². The molecule has 0 unspecified atom stereocenters. The Labute approximate surface area is 50.9 Å². The maximum atomic E-state index is 4.98. The lowest BCUT2D eigenvalue weighted by Gasteiger charge is -2.00. The summed E-state index contributed by atoms with van der Waals surface area (Å²) in [6.45, 7) is 6.36. The van der Waals surface area contributed by atoms with Gasteiger partial charge >= 0.3 is 0 Å². The minimum atomic E-state index is 0.597. The summed E-state index contributed by atoms with van der Waals surface area (Å²) in [7, 11) is 0. The monoisotopic (exact) mass is 116 g/mol. The van der Waals surface area contributed by atoms with E-state index in [0.717, 1.165) is 6.42 Å². The van der Waals surface area contributed by atoms with Gasteiger partial charge in [-0.15, -0.1) is 0 Å². The SMILES string of the molecule is CCC(=S)C(C)C. The van der Waals surface area contributed by atoms with E-state index in [4.69, 9.17) is 12.2 Å². The molecule has 1 heteroatoms. The number of hydrogen-bond donors (Lipinski definition) is 0. The topological polar surface area (TPSA) is 0 Å². The van der Waals surface area contributed by atoms with E-state index in [1.165, 1.54) is 4.86 Å². The maximum absolute atomic E-state index is 4.98. The molecule has 0 nitrogen and oxygen atoms in total. The normalized spacial score (nSPS) is 9.71.